The van der Waals surface area contributed by atoms with Crippen LogP contribution in [0.25, 0.3) is 22.2 Å². The number of nitrogens with two attached hydrogens (primary N) is 1. The van der Waals surface area contributed by atoms with E-state index in [2.05, 4.69) is 20.2 Å². The van der Waals surface area contributed by atoms with Crippen molar-refractivity contribution in [3.05, 3.63) is 64.3 Å². The zero-order valence-electron chi connectivity index (χ0n) is 16.3. The van der Waals surface area contributed by atoms with E-state index in [1.807, 2.05) is 17.0 Å². The summed E-state index contributed by atoms with van der Waals surface area (Å²) in [6.07, 6.45) is 3.30. The highest BCUT2D eigenvalue weighted by Gasteiger charge is 2.25. The van der Waals surface area contributed by atoms with E-state index < -0.39 is 12.0 Å². The predicted octanol–water partition coefficient (Wildman–Crippen LogP) is 3.89. The molecule has 1 saturated heterocycles. The van der Waals surface area contributed by atoms with Crippen LogP contribution in [0.4, 0.5) is 10.2 Å². The van der Waals surface area contributed by atoms with Gasteiger partial charge in [-0.1, -0.05) is 23.2 Å². The van der Waals surface area contributed by atoms with Crippen LogP contribution < -0.4 is 15.4 Å². The summed E-state index contributed by atoms with van der Waals surface area (Å²) in [5.74, 6) is 0.178. The highest BCUT2D eigenvalue weighted by atomic mass is 35.5. The van der Waals surface area contributed by atoms with Crippen molar-refractivity contribution < 1.29 is 13.9 Å². The third-order valence-corrected chi connectivity index (χ3v) is 5.73. The second-order valence-electron chi connectivity index (χ2n) is 7.26. The van der Waals surface area contributed by atoms with Crippen LogP contribution in [0.15, 0.2) is 42.9 Å². The van der Waals surface area contributed by atoms with E-state index in [0.29, 0.717) is 46.6 Å². The molecule has 4 aromatic rings. The number of rotatable bonds is 5. The van der Waals surface area contributed by atoms with Crippen molar-refractivity contribution in [2.45, 2.75) is 6.23 Å². The maximum Gasteiger partial charge on any atom is 0.177 e. The number of ether oxygens (including phenoxy) is 1. The number of aromatic amines is 1. The first kappa shape index (κ1) is 20.6. The molecule has 1 aliphatic rings. The smallest absolute Gasteiger partial charge is 0.177 e. The fraction of sp³-hybridized carbons (Fsp3) is 0.143. The number of hydrogen-bond acceptors (Lipinski definition) is 7. The Bertz CT molecular complexity index is 1320. The van der Waals surface area contributed by atoms with Crippen LogP contribution in [0, 0.1) is 5.82 Å². The third kappa shape index (κ3) is 3.64. The van der Waals surface area contributed by atoms with Crippen LogP contribution in [0.1, 0.15) is 11.8 Å². The normalized spacial score (nSPS) is 14.5. The number of Topliss-reactive ketones (excluding diaryl/α,β-unsaturated/α-hetero) is 1. The summed E-state index contributed by atoms with van der Waals surface area (Å²) >= 11 is 12.3. The molecule has 0 radical (unpaired) electrons. The maximum atomic E-state index is 14.7. The molecule has 0 bridgehead atoms. The van der Waals surface area contributed by atoms with E-state index in [1.54, 1.807) is 6.20 Å². The Morgan fingerprint density at radius 3 is 2.56 bits per heavy atom. The minimum absolute atomic E-state index is 0.0831. The van der Waals surface area contributed by atoms with Gasteiger partial charge in [-0.3, -0.25) is 20.6 Å². The van der Waals surface area contributed by atoms with Crippen molar-refractivity contribution in [1.82, 2.24) is 20.2 Å². The number of fused-ring (bicyclic) bond motifs is 1. The molecule has 1 fully saturated rings. The van der Waals surface area contributed by atoms with Gasteiger partial charge in [-0.05, 0) is 18.2 Å². The van der Waals surface area contributed by atoms with Gasteiger partial charge in [0.15, 0.2) is 23.6 Å². The number of hydrogen-bond donors (Lipinski definition) is 2. The molecule has 5 rings (SSSR count). The molecule has 0 amide bonds. The number of nitrogens with one attached hydrogen (secondary N) is 1. The van der Waals surface area contributed by atoms with Gasteiger partial charge in [-0.2, -0.15) is 5.10 Å². The molecule has 0 aliphatic carbocycles. The Morgan fingerprint density at radius 1 is 1.16 bits per heavy atom. The van der Waals surface area contributed by atoms with Crippen LogP contribution in [0.2, 0.25) is 10.0 Å². The van der Waals surface area contributed by atoms with E-state index in [-0.39, 0.29) is 21.6 Å². The summed E-state index contributed by atoms with van der Waals surface area (Å²) in [4.78, 5) is 21.3. The number of halogens is 3. The molecule has 1 aromatic carbocycles. The maximum absolute atomic E-state index is 14.7. The number of carbonyl (C=O) groups is 1. The summed E-state index contributed by atoms with van der Waals surface area (Å²) < 4.78 is 20.3. The third-order valence-electron chi connectivity index (χ3n) is 5.12. The fourth-order valence-corrected chi connectivity index (χ4v) is 4.05. The summed E-state index contributed by atoms with van der Waals surface area (Å²) in [5, 5.41) is 8.16. The van der Waals surface area contributed by atoms with Gasteiger partial charge in [0.05, 0.1) is 28.7 Å². The summed E-state index contributed by atoms with van der Waals surface area (Å²) in [7, 11) is 0. The molecule has 0 unspecified atom stereocenters. The number of H-pyrrole nitrogens is 1. The molecule has 1 aliphatic heterocycles. The van der Waals surface area contributed by atoms with Gasteiger partial charge in [0.25, 0.3) is 0 Å². The van der Waals surface area contributed by atoms with Gasteiger partial charge in [0.2, 0.25) is 0 Å². The number of pyridine rings is 2. The van der Waals surface area contributed by atoms with E-state index in [1.165, 1.54) is 24.5 Å². The monoisotopic (exact) mass is 472 g/mol. The van der Waals surface area contributed by atoms with Gasteiger partial charge in [0.1, 0.15) is 11.5 Å². The lowest BCUT2D eigenvalue weighted by atomic mass is 10.1. The van der Waals surface area contributed by atoms with E-state index in [9.17, 15) is 9.18 Å². The Morgan fingerprint density at radius 2 is 1.91 bits per heavy atom. The Balaban J connectivity index is 1.46. The van der Waals surface area contributed by atoms with Crippen molar-refractivity contribution in [3.8, 4) is 17.0 Å². The lowest BCUT2D eigenvalue weighted by Gasteiger charge is -2.30. The summed E-state index contributed by atoms with van der Waals surface area (Å²) in [6.45, 7) is 0.729. The van der Waals surface area contributed by atoms with E-state index in [0.717, 1.165) is 0 Å². The molecule has 162 valence electrons. The number of anilines is 1. The molecule has 3 N–H and O–H groups in total. The number of nitrogens with zero attached hydrogens (tertiary/aromatic N) is 4. The minimum Gasteiger partial charge on any atom is -0.468 e. The molecule has 1 atom stereocenters. The van der Waals surface area contributed by atoms with Crippen LogP contribution in [0.3, 0.4) is 0 Å². The summed E-state index contributed by atoms with van der Waals surface area (Å²) in [5.41, 5.74) is 8.16. The molecular weight excluding hydrogens is 458 g/mol. The highest BCUT2D eigenvalue weighted by Crippen LogP contribution is 2.35. The van der Waals surface area contributed by atoms with Crippen LogP contribution in [0.5, 0.6) is 5.75 Å². The Hall–Kier alpha value is -3.27. The topological polar surface area (TPSA) is 110 Å². The number of ketones is 1. The first-order chi connectivity index (χ1) is 15.4. The molecule has 3 aromatic heterocycles. The standard InChI is InChI=1S/C21H15Cl2FN6O2/c22-13-6-26-7-14(23)19(13)21(25)32-17-3-12-16(4-15(17)24)28-29-20(12)10-1-2-18(27-5-10)30-8-11(31)9-30/h1-7,21H,8-9,25H2,(H,28,29)/t21-/m0/s1. The molecule has 0 saturated carbocycles. The summed E-state index contributed by atoms with van der Waals surface area (Å²) in [6, 6.07) is 6.44. The van der Waals surface area contributed by atoms with Gasteiger partial charge >= 0.3 is 0 Å². The Kier molecular flexibility index (Phi) is 5.16. The van der Waals surface area contributed by atoms with Gasteiger partial charge < -0.3 is 9.64 Å². The number of carbonyl (C=O) groups excluding carboxylic acids is 1. The van der Waals surface area contributed by atoms with E-state index in [4.69, 9.17) is 33.7 Å². The number of aromatic nitrogens is 4. The van der Waals surface area contributed by atoms with Crippen LogP contribution in [-0.4, -0.2) is 39.0 Å². The lowest BCUT2D eigenvalue weighted by molar-refractivity contribution is -0.119. The minimum atomic E-state index is -1.11. The Labute approximate surface area is 191 Å². The van der Waals surface area contributed by atoms with Gasteiger partial charge in [0, 0.05) is 41.2 Å². The quantitative estimate of drug-likeness (QED) is 0.423. The predicted molar refractivity (Wildman–Crippen MR) is 118 cm³/mol. The van der Waals surface area contributed by atoms with Crippen molar-refractivity contribution >= 4 is 45.7 Å². The zero-order valence-corrected chi connectivity index (χ0v) is 17.9. The second-order valence-corrected chi connectivity index (χ2v) is 8.07. The number of benzene rings is 1. The van der Waals surface area contributed by atoms with Crippen molar-refractivity contribution in [2.75, 3.05) is 18.0 Å². The molecular formula is C21H15Cl2FN6O2. The molecule has 32 heavy (non-hydrogen) atoms. The molecule has 8 nitrogen and oxygen atoms in total. The lowest BCUT2D eigenvalue weighted by Crippen LogP contribution is -2.47. The first-order valence-electron chi connectivity index (χ1n) is 9.52. The molecule has 4 heterocycles. The van der Waals surface area contributed by atoms with Crippen LogP contribution in [-0.2, 0) is 4.79 Å². The van der Waals surface area contributed by atoms with Crippen molar-refractivity contribution in [2.24, 2.45) is 5.73 Å². The zero-order chi connectivity index (χ0) is 22.4. The second kappa shape index (κ2) is 8.01. The van der Waals surface area contributed by atoms with Crippen molar-refractivity contribution in [3.63, 3.8) is 0 Å². The average molecular weight is 473 g/mol. The SMILES string of the molecule is N[C@@H](Oc1cc2c(-c3ccc(N4CC(=O)C4)nc3)n[nH]c2cc1F)c1c(Cl)cncc1Cl. The van der Waals surface area contributed by atoms with Gasteiger partial charge in [-0.15, -0.1) is 0 Å². The largest absolute Gasteiger partial charge is 0.468 e. The van der Waals surface area contributed by atoms with E-state index >= 15 is 0 Å². The molecule has 0 spiro atoms. The highest BCUT2D eigenvalue weighted by molar-refractivity contribution is 6.35. The first-order valence-corrected chi connectivity index (χ1v) is 10.3. The van der Waals surface area contributed by atoms with Crippen molar-refractivity contribution in [1.29, 1.82) is 0 Å². The van der Waals surface area contributed by atoms with Crippen LogP contribution >= 0.6 is 23.2 Å². The molecule has 11 heteroatoms. The average Bonchev–Trinajstić information content (AvgIpc) is 3.14. The fourth-order valence-electron chi connectivity index (χ4n) is 3.47. The van der Waals surface area contributed by atoms with Gasteiger partial charge in [-0.25, -0.2) is 9.37 Å².